The summed E-state index contributed by atoms with van der Waals surface area (Å²) < 4.78 is 0.975. The van der Waals surface area contributed by atoms with E-state index in [0.29, 0.717) is 0 Å². The van der Waals surface area contributed by atoms with Crippen LogP contribution in [-0.2, 0) is 9.59 Å². The van der Waals surface area contributed by atoms with Gasteiger partial charge in [-0.2, -0.15) is 0 Å². The zero-order valence-electron chi connectivity index (χ0n) is 15.1. The Hall–Kier alpha value is -1.66. The first-order valence-corrected chi connectivity index (χ1v) is 10.6. The second kappa shape index (κ2) is 6.45. The Morgan fingerprint density at radius 1 is 1.04 bits per heavy atom. The quantitative estimate of drug-likeness (QED) is 0.644. The fourth-order valence-electron chi connectivity index (χ4n) is 5.54. The van der Waals surface area contributed by atoms with Crippen LogP contribution in [0, 0.1) is 29.1 Å². The Morgan fingerprint density at radius 3 is 2.30 bits per heavy atom. The van der Waals surface area contributed by atoms with Gasteiger partial charge in [0.05, 0.1) is 11.8 Å². The molecular weight excluding hydrogens is 406 g/mol. The fourth-order valence-corrected chi connectivity index (χ4v) is 5.81. The monoisotopic (exact) mass is 429 g/mol. The lowest BCUT2D eigenvalue weighted by Gasteiger charge is -2.27. The molecule has 1 aromatic rings. The second-order valence-corrected chi connectivity index (χ2v) is 9.33. The Labute approximate surface area is 167 Å². The lowest BCUT2D eigenvalue weighted by atomic mass is 9.81. The van der Waals surface area contributed by atoms with Crippen LogP contribution in [0.5, 0.6) is 0 Å². The highest BCUT2D eigenvalue weighted by Gasteiger charge is 2.69. The molecule has 2 amide bonds. The molecule has 0 radical (unpaired) electrons. The van der Waals surface area contributed by atoms with Crippen molar-refractivity contribution in [2.24, 2.45) is 29.1 Å². The highest BCUT2D eigenvalue weighted by molar-refractivity contribution is 9.10. The van der Waals surface area contributed by atoms with Crippen LogP contribution in [0.15, 0.2) is 40.9 Å². The topological polar surface area (TPSA) is 70.2 Å². The van der Waals surface area contributed by atoms with Crippen molar-refractivity contribution in [1.29, 1.82) is 0 Å². The molecule has 2 bridgehead atoms. The van der Waals surface area contributed by atoms with Gasteiger partial charge in [-0.3, -0.25) is 9.59 Å². The van der Waals surface area contributed by atoms with E-state index in [1.165, 1.54) is 0 Å². The van der Waals surface area contributed by atoms with Crippen LogP contribution in [0.3, 0.4) is 0 Å². The van der Waals surface area contributed by atoms with E-state index in [0.717, 1.165) is 42.5 Å². The molecule has 5 nitrogen and oxygen atoms in total. The molecule has 5 atom stereocenters. The van der Waals surface area contributed by atoms with Gasteiger partial charge in [0.25, 0.3) is 0 Å². The van der Waals surface area contributed by atoms with E-state index in [4.69, 9.17) is 0 Å². The summed E-state index contributed by atoms with van der Waals surface area (Å²) >= 11 is 3.42. The van der Waals surface area contributed by atoms with Gasteiger partial charge >= 0.3 is 0 Å². The van der Waals surface area contributed by atoms with E-state index in [1.54, 1.807) is 0 Å². The second-order valence-electron chi connectivity index (χ2n) is 8.42. The van der Waals surface area contributed by atoms with Crippen LogP contribution >= 0.6 is 15.9 Å². The number of amides is 2. The third-order valence-corrected chi connectivity index (χ3v) is 7.49. The first-order valence-electron chi connectivity index (χ1n) is 9.84. The Bertz CT molecular complexity index is 796. The van der Waals surface area contributed by atoms with Gasteiger partial charge < -0.3 is 16.0 Å². The van der Waals surface area contributed by atoms with Crippen LogP contribution in [0.4, 0.5) is 5.69 Å². The largest absolute Gasteiger partial charge is 0.352 e. The summed E-state index contributed by atoms with van der Waals surface area (Å²) in [5, 5.41) is 9.55. The molecule has 1 aromatic carbocycles. The number of hydrogen-bond donors (Lipinski definition) is 3. The first-order chi connectivity index (χ1) is 13.1. The average molecular weight is 430 g/mol. The minimum atomic E-state index is -0.277. The molecule has 6 heteroatoms. The van der Waals surface area contributed by atoms with Gasteiger partial charge in [-0.1, -0.05) is 28.1 Å². The molecule has 1 heterocycles. The summed E-state index contributed by atoms with van der Waals surface area (Å²) in [5.41, 5.74) is 0.941. The van der Waals surface area contributed by atoms with Crippen LogP contribution in [0.2, 0.25) is 0 Å². The van der Waals surface area contributed by atoms with Crippen LogP contribution in [0.25, 0.3) is 0 Å². The maximum atomic E-state index is 13.2. The van der Waals surface area contributed by atoms with Crippen molar-refractivity contribution >= 4 is 33.4 Å². The third-order valence-electron chi connectivity index (χ3n) is 6.97. The predicted molar refractivity (Wildman–Crippen MR) is 107 cm³/mol. The summed E-state index contributed by atoms with van der Waals surface area (Å²) in [4.78, 5) is 26.4. The van der Waals surface area contributed by atoms with Crippen LogP contribution < -0.4 is 16.0 Å². The van der Waals surface area contributed by atoms with E-state index < -0.39 is 0 Å². The van der Waals surface area contributed by atoms with Crippen LogP contribution in [-0.4, -0.2) is 30.9 Å². The first kappa shape index (κ1) is 17.4. The molecule has 4 aliphatic rings. The molecule has 1 aliphatic heterocycles. The van der Waals surface area contributed by atoms with Crippen molar-refractivity contribution in [2.75, 3.05) is 18.4 Å². The molecule has 1 unspecified atom stereocenters. The molecular formula is C21H24BrN3O2. The van der Waals surface area contributed by atoms with E-state index in [9.17, 15) is 9.59 Å². The molecule has 27 heavy (non-hydrogen) atoms. The molecule has 3 N–H and O–H groups in total. The number of hydrogen-bond acceptors (Lipinski definition) is 3. The van der Waals surface area contributed by atoms with Gasteiger partial charge in [0, 0.05) is 22.7 Å². The van der Waals surface area contributed by atoms with E-state index in [2.05, 4.69) is 44.0 Å². The van der Waals surface area contributed by atoms with E-state index in [-0.39, 0.29) is 46.9 Å². The van der Waals surface area contributed by atoms with Crippen molar-refractivity contribution < 1.29 is 9.59 Å². The standard InChI is InChI=1S/C21H24BrN3O2/c22-12-1-3-13(4-2-12)24-19(26)17-15-5-6-16(21(15)8-9-21)18(17)20(27)25-14-7-10-23-11-14/h1-6,14-18,23H,7-11H2,(H,24,26)(H,25,27)/t14?,15-,16+,17+,18+/m0/s1. The highest BCUT2D eigenvalue weighted by Crippen LogP contribution is 2.72. The number of rotatable bonds is 4. The SMILES string of the molecule is O=C(NC1CCNC1)[C@H]1[C@H](C(=O)Nc2ccc(Br)cc2)[C@@H]2C=C[C@H]1C21CC1. The van der Waals surface area contributed by atoms with Crippen molar-refractivity contribution in [1.82, 2.24) is 10.6 Å². The smallest absolute Gasteiger partial charge is 0.228 e. The maximum absolute atomic E-state index is 13.2. The Balaban J connectivity index is 1.38. The van der Waals surface area contributed by atoms with Gasteiger partial charge in [0.1, 0.15) is 0 Å². The maximum Gasteiger partial charge on any atom is 0.228 e. The number of halogens is 1. The summed E-state index contributed by atoms with van der Waals surface area (Å²) in [7, 11) is 0. The predicted octanol–water partition coefficient (Wildman–Crippen LogP) is 2.69. The van der Waals surface area contributed by atoms with Crippen molar-refractivity contribution in [3.8, 4) is 0 Å². The number of nitrogens with one attached hydrogen (secondary N) is 3. The Morgan fingerprint density at radius 2 is 1.70 bits per heavy atom. The molecule has 1 spiro atoms. The molecule has 142 valence electrons. The molecule has 3 aliphatic carbocycles. The molecule has 5 rings (SSSR count). The number of carbonyl (C=O) groups excluding carboxylic acids is 2. The fraction of sp³-hybridized carbons (Fsp3) is 0.524. The minimum absolute atomic E-state index is 0.0230. The van der Waals surface area contributed by atoms with Gasteiger partial charge in [-0.15, -0.1) is 0 Å². The number of carbonyl (C=O) groups is 2. The number of benzene rings is 1. The summed E-state index contributed by atoms with van der Waals surface area (Å²) in [6, 6.07) is 7.78. The minimum Gasteiger partial charge on any atom is -0.352 e. The van der Waals surface area contributed by atoms with Crippen LogP contribution in [0.1, 0.15) is 19.3 Å². The van der Waals surface area contributed by atoms with Gasteiger partial charge in [0.2, 0.25) is 11.8 Å². The molecule has 2 saturated carbocycles. The molecule has 3 fully saturated rings. The van der Waals surface area contributed by atoms with Crippen molar-refractivity contribution in [3.63, 3.8) is 0 Å². The van der Waals surface area contributed by atoms with Crippen molar-refractivity contribution in [3.05, 3.63) is 40.9 Å². The number of allylic oxidation sites excluding steroid dienone is 2. The van der Waals surface area contributed by atoms with E-state index in [1.807, 2.05) is 24.3 Å². The third kappa shape index (κ3) is 2.85. The van der Waals surface area contributed by atoms with Crippen molar-refractivity contribution in [2.45, 2.75) is 25.3 Å². The molecule has 1 saturated heterocycles. The average Bonchev–Trinajstić information content (AvgIpc) is 3.02. The van der Waals surface area contributed by atoms with Gasteiger partial charge in [0.15, 0.2) is 0 Å². The summed E-state index contributed by atoms with van der Waals surface area (Å²) in [6.07, 6.45) is 7.63. The zero-order chi connectivity index (χ0) is 18.6. The lowest BCUT2D eigenvalue weighted by Crippen LogP contribution is -2.46. The lowest BCUT2D eigenvalue weighted by molar-refractivity contribution is -0.133. The molecule has 0 aromatic heterocycles. The Kier molecular flexibility index (Phi) is 4.17. The number of anilines is 1. The summed E-state index contributed by atoms with van der Waals surface area (Å²) in [5.74, 6) is -0.0973. The normalized spacial score (nSPS) is 34.8. The zero-order valence-corrected chi connectivity index (χ0v) is 16.7. The van der Waals surface area contributed by atoms with E-state index >= 15 is 0 Å². The summed E-state index contributed by atoms with van der Waals surface area (Å²) in [6.45, 7) is 1.77. The highest BCUT2D eigenvalue weighted by atomic mass is 79.9. The van der Waals surface area contributed by atoms with Gasteiger partial charge in [-0.05, 0) is 67.3 Å². The van der Waals surface area contributed by atoms with Gasteiger partial charge in [-0.25, -0.2) is 0 Å².